The first-order valence-electron chi connectivity index (χ1n) is 8.80. The maximum absolute atomic E-state index is 11.3. The highest BCUT2D eigenvalue weighted by atomic mass is 31.1. The van der Waals surface area contributed by atoms with Crippen LogP contribution in [0.2, 0.25) is 0 Å². The molecule has 4 rings (SSSR count). The molecule has 1 nitrogen and oxygen atoms in total. The van der Waals surface area contributed by atoms with Crippen LogP contribution in [0.5, 0.6) is 0 Å². The maximum Gasteiger partial charge on any atom is 0.103 e. The predicted octanol–water partition coefficient (Wildman–Crippen LogP) is 5.35. The maximum atomic E-state index is 11.3. The topological polar surface area (TPSA) is 20.2 Å². The third kappa shape index (κ3) is 2.04. The Morgan fingerprint density at radius 3 is 1.79 bits per heavy atom. The summed E-state index contributed by atoms with van der Waals surface area (Å²) in [6, 6.07) is 21.5. The molecule has 0 heterocycles. The number of allylic oxidation sites excluding steroid dienone is 2. The predicted molar refractivity (Wildman–Crippen MR) is 103 cm³/mol. The molecule has 0 aliphatic heterocycles. The second-order valence-corrected chi connectivity index (χ2v) is 10.1. The van der Waals surface area contributed by atoms with E-state index in [1.54, 1.807) is 0 Å². The van der Waals surface area contributed by atoms with E-state index < -0.39 is 7.92 Å². The fraction of sp³-hybridized carbons (Fsp3) is 0.364. The van der Waals surface area contributed by atoms with Gasteiger partial charge >= 0.3 is 0 Å². The van der Waals surface area contributed by atoms with E-state index in [2.05, 4.69) is 81.4 Å². The number of fused-ring (bicyclic) bond motifs is 2. The van der Waals surface area contributed by atoms with Gasteiger partial charge in [-0.15, -0.1) is 0 Å². The molecule has 2 aliphatic rings. The molecule has 2 aromatic carbocycles. The monoisotopic (exact) mass is 336 g/mol. The largest absolute Gasteiger partial charge is 0.511 e. The van der Waals surface area contributed by atoms with E-state index in [9.17, 15) is 5.11 Å². The molecule has 0 saturated heterocycles. The lowest BCUT2D eigenvalue weighted by molar-refractivity contribution is 0.123. The number of benzene rings is 2. The average Bonchev–Trinajstić information content (AvgIpc) is 2.91. The highest BCUT2D eigenvalue weighted by Gasteiger charge is 2.62. The van der Waals surface area contributed by atoms with E-state index in [0.717, 1.165) is 6.42 Å². The Balaban J connectivity index is 1.92. The van der Waals surface area contributed by atoms with Gasteiger partial charge in [0.2, 0.25) is 0 Å². The minimum absolute atomic E-state index is 0.0723. The van der Waals surface area contributed by atoms with Crippen molar-refractivity contribution in [2.75, 3.05) is 0 Å². The van der Waals surface area contributed by atoms with E-state index in [1.807, 2.05) is 0 Å². The van der Waals surface area contributed by atoms with E-state index in [4.69, 9.17) is 0 Å². The normalized spacial score (nSPS) is 27.9. The lowest BCUT2D eigenvalue weighted by Crippen LogP contribution is -2.30. The number of hydrogen-bond donors (Lipinski definition) is 1. The van der Waals surface area contributed by atoms with Gasteiger partial charge in [-0.25, -0.2) is 0 Å². The van der Waals surface area contributed by atoms with Crippen molar-refractivity contribution >= 4 is 18.5 Å². The van der Waals surface area contributed by atoms with Crippen molar-refractivity contribution in [2.24, 2.45) is 16.7 Å². The van der Waals surface area contributed by atoms with Crippen molar-refractivity contribution in [3.8, 4) is 0 Å². The van der Waals surface area contributed by atoms with Crippen molar-refractivity contribution in [2.45, 2.75) is 33.6 Å². The molecule has 2 unspecified atom stereocenters. The van der Waals surface area contributed by atoms with Crippen LogP contribution in [-0.4, -0.2) is 5.11 Å². The number of rotatable bonds is 3. The summed E-state index contributed by atoms with van der Waals surface area (Å²) in [5.41, 5.74) is 0.0632. The van der Waals surface area contributed by atoms with Gasteiger partial charge < -0.3 is 5.11 Å². The fourth-order valence-corrected chi connectivity index (χ4v) is 7.71. The van der Waals surface area contributed by atoms with E-state index in [1.165, 1.54) is 22.3 Å². The molecule has 2 heteroatoms. The molecule has 1 fully saturated rings. The Morgan fingerprint density at radius 2 is 1.38 bits per heavy atom. The molecule has 0 spiro atoms. The summed E-state index contributed by atoms with van der Waals surface area (Å²) in [7, 11) is -0.667. The number of aliphatic hydroxyl groups excluding tert-OH is 1. The fourth-order valence-electron chi connectivity index (χ4n) is 4.69. The zero-order valence-electron chi connectivity index (χ0n) is 14.7. The summed E-state index contributed by atoms with van der Waals surface area (Å²) in [4.78, 5) is 0. The van der Waals surface area contributed by atoms with Crippen LogP contribution < -0.4 is 10.6 Å². The minimum Gasteiger partial charge on any atom is -0.511 e. The Kier molecular flexibility index (Phi) is 3.62. The van der Waals surface area contributed by atoms with Crippen LogP contribution in [0, 0.1) is 16.7 Å². The Bertz CT molecular complexity index is 739. The third-order valence-electron chi connectivity index (χ3n) is 6.59. The molecule has 0 aromatic heterocycles. The summed E-state index contributed by atoms with van der Waals surface area (Å²) in [6.07, 6.45) is 2.30. The highest BCUT2D eigenvalue weighted by Crippen LogP contribution is 2.72. The number of aliphatic hydroxyl groups is 1. The molecule has 2 aliphatic carbocycles. The third-order valence-corrected chi connectivity index (χ3v) is 9.23. The van der Waals surface area contributed by atoms with Crippen LogP contribution >= 0.6 is 7.92 Å². The van der Waals surface area contributed by atoms with Crippen LogP contribution in [0.15, 0.2) is 71.7 Å². The summed E-state index contributed by atoms with van der Waals surface area (Å²) < 4.78 is 0. The van der Waals surface area contributed by atoms with Crippen LogP contribution in [0.25, 0.3) is 0 Å². The highest BCUT2D eigenvalue weighted by molar-refractivity contribution is 7.76. The molecule has 0 radical (unpaired) electrons. The summed E-state index contributed by atoms with van der Waals surface area (Å²) >= 11 is 0. The Morgan fingerprint density at radius 1 is 0.875 bits per heavy atom. The molecule has 124 valence electrons. The first-order valence-corrected chi connectivity index (χ1v) is 10.1. The molecular formula is C22H25OP. The summed E-state index contributed by atoms with van der Waals surface area (Å²) in [5, 5.41) is 15.3. The van der Waals surface area contributed by atoms with Crippen molar-refractivity contribution in [3.05, 3.63) is 71.7 Å². The zero-order chi connectivity index (χ0) is 16.9. The molecule has 1 N–H and O–H groups in total. The Hall–Kier alpha value is -1.59. The standard InChI is InChI=1S/C22H25OP/c1-21(2)18-14-15-22(21,3)20(23)19(18)24(16-10-6-4-7-11-16)17-12-8-5-9-13-17/h4-13,18,23H,14-15H2,1-3H3. The zero-order valence-corrected chi connectivity index (χ0v) is 15.6. The van der Waals surface area contributed by atoms with Crippen molar-refractivity contribution < 1.29 is 5.11 Å². The van der Waals surface area contributed by atoms with Crippen LogP contribution in [0.4, 0.5) is 0 Å². The van der Waals surface area contributed by atoms with Gasteiger partial charge in [-0.1, -0.05) is 81.4 Å². The molecule has 2 bridgehead atoms. The van der Waals surface area contributed by atoms with Crippen molar-refractivity contribution in [3.63, 3.8) is 0 Å². The minimum atomic E-state index is -0.667. The van der Waals surface area contributed by atoms with Gasteiger partial charge in [0, 0.05) is 10.7 Å². The molecule has 1 saturated carbocycles. The van der Waals surface area contributed by atoms with E-state index in [0.29, 0.717) is 11.7 Å². The molecule has 24 heavy (non-hydrogen) atoms. The van der Waals surface area contributed by atoms with Gasteiger partial charge in [0.1, 0.15) is 5.76 Å². The summed E-state index contributed by atoms with van der Waals surface area (Å²) in [6.45, 7) is 6.95. The lowest BCUT2D eigenvalue weighted by atomic mass is 9.70. The SMILES string of the molecule is CC12CCC(C(P(c3ccccc3)c3ccccc3)=C1O)C2(C)C. The van der Waals surface area contributed by atoms with Gasteiger partial charge in [0.25, 0.3) is 0 Å². The second-order valence-electron chi connectivity index (χ2n) is 7.89. The van der Waals surface area contributed by atoms with Crippen LogP contribution in [0.3, 0.4) is 0 Å². The van der Waals surface area contributed by atoms with Crippen LogP contribution in [-0.2, 0) is 0 Å². The summed E-state index contributed by atoms with van der Waals surface area (Å²) in [5.74, 6) is 1.16. The molecule has 0 amide bonds. The van der Waals surface area contributed by atoms with Crippen molar-refractivity contribution in [1.29, 1.82) is 0 Å². The molecule has 2 atom stereocenters. The second kappa shape index (κ2) is 5.46. The van der Waals surface area contributed by atoms with Gasteiger partial charge in [0.15, 0.2) is 0 Å². The van der Waals surface area contributed by atoms with Crippen molar-refractivity contribution in [1.82, 2.24) is 0 Å². The smallest absolute Gasteiger partial charge is 0.103 e. The van der Waals surface area contributed by atoms with Gasteiger partial charge in [0.05, 0.1) is 0 Å². The average molecular weight is 336 g/mol. The molecule has 2 aromatic rings. The van der Waals surface area contributed by atoms with E-state index in [-0.39, 0.29) is 10.8 Å². The first kappa shape index (κ1) is 15.9. The van der Waals surface area contributed by atoms with Crippen LogP contribution in [0.1, 0.15) is 33.6 Å². The van der Waals surface area contributed by atoms with Gasteiger partial charge in [-0.05, 0) is 42.7 Å². The Labute approximate surface area is 146 Å². The first-order chi connectivity index (χ1) is 11.5. The lowest BCUT2D eigenvalue weighted by Gasteiger charge is -2.34. The number of hydrogen-bond acceptors (Lipinski definition) is 1. The van der Waals surface area contributed by atoms with E-state index >= 15 is 0 Å². The van der Waals surface area contributed by atoms with Gasteiger partial charge in [-0.3, -0.25) is 0 Å². The van der Waals surface area contributed by atoms with Gasteiger partial charge in [-0.2, -0.15) is 0 Å². The quantitative estimate of drug-likeness (QED) is 0.750. The molecular weight excluding hydrogens is 311 g/mol.